The molecule has 138 valence electrons. The van der Waals surface area contributed by atoms with Crippen molar-refractivity contribution in [1.29, 1.82) is 0 Å². The van der Waals surface area contributed by atoms with Gasteiger partial charge in [0.2, 0.25) is 5.91 Å². The Hall–Kier alpha value is -2.53. The van der Waals surface area contributed by atoms with Crippen molar-refractivity contribution in [3.05, 3.63) is 65.9 Å². The van der Waals surface area contributed by atoms with Crippen LogP contribution in [0.1, 0.15) is 43.6 Å². The molecule has 0 saturated heterocycles. The third-order valence-electron chi connectivity index (χ3n) is 5.35. The fraction of sp³-hybridized carbons (Fsp3) is 0.318. The van der Waals surface area contributed by atoms with E-state index in [0.717, 1.165) is 23.1 Å². The Morgan fingerprint density at radius 2 is 1.74 bits per heavy atom. The second-order valence-corrected chi connectivity index (χ2v) is 8.02. The van der Waals surface area contributed by atoms with Gasteiger partial charge in [-0.25, -0.2) is 4.98 Å². The molecule has 1 aliphatic rings. The van der Waals surface area contributed by atoms with Crippen LogP contribution in [0.15, 0.2) is 60.4 Å². The van der Waals surface area contributed by atoms with Crippen molar-refractivity contribution < 1.29 is 4.79 Å². The van der Waals surface area contributed by atoms with Gasteiger partial charge in [-0.05, 0) is 41.2 Å². The van der Waals surface area contributed by atoms with Gasteiger partial charge in [0, 0.05) is 24.0 Å². The Balaban J connectivity index is 1.56. The summed E-state index contributed by atoms with van der Waals surface area (Å²) in [5.74, 6) is 0.550. The number of nitrogens with zero attached hydrogens (tertiary/aromatic N) is 2. The molecule has 1 aliphatic carbocycles. The van der Waals surface area contributed by atoms with Gasteiger partial charge in [-0.15, -0.1) is 11.3 Å². The number of nitrogens with one attached hydrogen (secondary N) is 1. The fourth-order valence-electron chi connectivity index (χ4n) is 3.90. The first kappa shape index (κ1) is 17.9. The van der Waals surface area contributed by atoms with Crippen LogP contribution < -0.4 is 5.32 Å². The highest BCUT2D eigenvalue weighted by atomic mass is 32.1. The van der Waals surface area contributed by atoms with Crippen molar-refractivity contribution >= 4 is 22.4 Å². The maximum absolute atomic E-state index is 13.0. The van der Waals surface area contributed by atoms with Crippen molar-refractivity contribution in [1.82, 2.24) is 9.97 Å². The highest BCUT2D eigenvalue weighted by molar-refractivity contribution is 7.13. The molecule has 1 unspecified atom stereocenters. The fourth-order valence-corrected chi connectivity index (χ4v) is 4.44. The van der Waals surface area contributed by atoms with Crippen LogP contribution in [0.25, 0.3) is 11.1 Å². The summed E-state index contributed by atoms with van der Waals surface area (Å²) in [7, 11) is 0. The van der Waals surface area contributed by atoms with Gasteiger partial charge in [0.05, 0.1) is 5.92 Å². The number of pyridine rings is 1. The molecule has 1 fully saturated rings. The molecule has 1 saturated carbocycles. The second-order valence-electron chi connectivity index (χ2n) is 7.12. The summed E-state index contributed by atoms with van der Waals surface area (Å²) in [4.78, 5) is 21.3. The molecule has 2 heterocycles. The van der Waals surface area contributed by atoms with Gasteiger partial charge in [0.1, 0.15) is 0 Å². The third kappa shape index (κ3) is 4.42. The topological polar surface area (TPSA) is 54.9 Å². The van der Waals surface area contributed by atoms with E-state index >= 15 is 0 Å². The van der Waals surface area contributed by atoms with Gasteiger partial charge in [-0.2, -0.15) is 0 Å². The smallest absolute Gasteiger partial charge is 0.233 e. The van der Waals surface area contributed by atoms with Crippen LogP contribution >= 0.6 is 11.3 Å². The highest BCUT2D eigenvalue weighted by Gasteiger charge is 2.27. The maximum Gasteiger partial charge on any atom is 0.233 e. The Morgan fingerprint density at radius 3 is 2.41 bits per heavy atom. The van der Waals surface area contributed by atoms with Gasteiger partial charge < -0.3 is 5.32 Å². The molecule has 1 N–H and O–H groups in total. The van der Waals surface area contributed by atoms with E-state index in [1.165, 1.54) is 37.0 Å². The summed E-state index contributed by atoms with van der Waals surface area (Å²) in [6.45, 7) is 0. The molecule has 0 radical (unpaired) electrons. The van der Waals surface area contributed by atoms with Crippen molar-refractivity contribution in [3.63, 3.8) is 0 Å². The molecule has 1 aromatic carbocycles. The molecular formula is C22H23N3OS. The lowest BCUT2D eigenvalue weighted by Crippen LogP contribution is -2.23. The van der Waals surface area contributed by atoms with E-state index in [1.54, 1.807) is 18.6 Å². The standard InChI is InChI=1S/C22H23N3OS/c26-21(25-22-24-13-14-27-22)20(15-16-3-1-2-4-16)19-7-5-17(6-8-19)18-9-11-23-12-10-18/h5-14,16,20H,1-4,15H2,(H,24,25,26). The van der Waals surface area contributed by atoms with Crippen LogP contribution in [0, 0.1) is 5.92 Å². The lowest BCUT2D eigenvalue weighted by Gasteiger charge is -2.20. The summed E-state index contributed by atoms with van der Waals surface area (Å²) in [5.41, 5.74) is 3.35. The first-order valence-electron chi connectivity index (χ1n) is 9.50. The summed E-state index contributed by atoms with van der Waals surface area (Å²) >= 11 is 1.46. The first-order chi connectivity index (χ1) is 13.3. The van der Waals surface area contributed by atoms with E-state index in [1.807, 2.05) is 17.5 Å². The number of hydrogen-bond acceptors (Lipinski definition) is 4. The summed E-state index contributed by atoms with van der Waals surface area (Å²) < 4.78 is 0. The van der Waals surface area contributed by atoms with Crippen molar-refractivity contribution in [2.75, 3.05) is 5.32 Å². The lowest BCUT2D eigenvalue weighted by atomic mass is 9.86. The normalized spacial score (nSPS) is 15.6. The van der Waals surface area contributed by atoms with E-state index in [2.05, 4.69) is 39.6 Å². The van der Waals surface area contributed by atoms with Gasteiger partial charge in [-0.1, -0.05) is 49.9 Å². The number of rotatable bonds is 6. The number of anilines is 1. The zero-order valence-electron chi connectivity index (χ0n) is 15.2. The van der Waals surface area contributed by atoms with Gasteiger partial charge >= 0.3 is 0 Å². The predicted octanol–water partition coefficient (Wildman–Crippen LogP) is 5.51. The number of aromatic nitrogens is 2. The van der Waals surface area contributed by atoms with Crippen molar-refractivity contribution in [2.45, 2.75) is 38.0 Å². The van der Waals surface area contributed by atoms with Gasteiger partial charge in [0.15, 0.2) is 5.13 Å². The molecule has 0 bridgehead atoms. The molecule has 0 aliphatic heterocycles. The van der Waals surface area contributed by atoms with Crippen LogP contribution in [0.5, 0.6) is 0 Å². The molecule has 3 aromatic rings. The first-order valence-corrected chi connectivity index (χ1v) is 10.4. The van der Waals surface area contributed by atoms with Crippen molar-refractivity contribution in [2.24, 2.45) is 5.92 Å². The Bertz CT molecular complexity index is 856. The van der Waals surface area contributed by atoms with Crippen LogP contribution in [0.4, 0.5) is 5.13 Å². The van der Waals surface area contributed by atoms with E-state index in [4.69, 9.17) is 0 Å². The molecular weight excluding hydrogens is 354 g/mol. The molecule has 1 amide bonds. The average Bonchev–Trinajstić information content (AvgIpc) is 3.41. The van der Waals surface area contributed by atoms with Gasteiger partial charge in [0.25, 0.3) is 0 Å². The molecule has 0 spiro atoms. The van der Waals surface area contributed by atoms with Crippen LogP contribution in [-0.2, 0) is 4.79 Å². The van der Waals surface area contributed by atoms with E-state index in [9.17, 15) is 4.79 Å². The maximum atomic E-state index is 13.0. The molecule has 4 rings (SSSR count). The number of carbonyl (C=O) groups excluding carboxylic acids is 1. The Morgan fingerprint density at radius 1 is 1.04 bits per heavy atom. The molecule has 27 heavy (non-hydrogen) atoms. The highest BCUT2D eigenvalue weighted by Crippen LogP contribution is 2.35. The molecule has 2 aromatic heterocycles. The summed E-state index contributed by atoms with van der Waals surface area (Å²) in [6.07, 6.45) is 11.3. The Labute approximate surface area is 163 Å². The van der Waals surface area contributed by atoms with Gasteiger partial charge in [-0.3, -0.25) is 9.78 Å². The van der Waals surface area contributed by atoms with E-state index in [0.29, 0.717) is 11.0 Å². The predicted molar refractivity (Wildman–Crippen MR) is 110 cm³/mol. The largest absolute Gasteiger partial charge is 0.301 e. The minimum Gasteiger partial charge on any atom is -0.301 e. The quantitative estimate of drug-likeness (QED) is 0.616. The SMILES string of the molecule is O=C(Nc1nccs1)C(CC1CCCC1)c1ccc(-c2ccncc2)cc1. The summed E-state index contributed by atoms with van der Waals surface area (Å²) in [6, 6.07) is 12.4. The Kier molecular flexibility index (Phi) is 5.58. The van der Waals surface area contributed by atoms with Crippen LogP contribution in [0.3, 0.4) is 0 Å². The molecule has 5 heteroatoms. The van der Waals surface area contributed by atoms with E-state index in [-0.39, 0.29) is 11.8 Å². The second kappa shape index (κ2) is 8.44. The van der Waals surface area contributed by atoms with Crippen molar-refractivity contribution in [3.8, 4) is 11.1 Å². The lowest BCUT2D eigenvalue weighted by molar-refractivity contribution is -0.118. The minimum atomic E-state index is -0.136. The number of hydrogen-bond donors (Lipinski definition) is 1. The number of thiazole rings is 1. The molecule has 1 atom stereocenters. The van der Waals surface area contributed by atoms with Crippen LogP contribution in [0.2, 0.25) is 0 Å². The number of amides is 1. The zero-order chi connectivity index (χ0) is 18.5. The third-order valence-corrected chi connectivity index (χ3v) is 6.04. The van der Waals surface area contributed by atoms with E-state index < -0.39 is 0 Å². The zero-order valence-corrected chi connectivity index (χ0v) is 16.0. The molecule has 4 nitrogen and oxygen atoms in total. The number of carbonyl (C=O) groups is 1. The van der Waals surface area contributed by atoms with Crippen LogP contribution in [-0.4, -0.2) is 15.9 Å². The minimum absolute atomic E-state index is 0.0495. The summed E-state index contributed by atoms with van der Waals surface area (Å²) in [5, 5.41) is 5.55. The average molecular weight is 378 g/mol. The number of benzene rings is 1. The monoisotopic (exact) mass is 377 g/mol.